The minimum absolute atomic E-state index is 0.171. The van der Waals surface area contributed by atoms with E-state index < -0.39 is 0 Å². The summed E-state index contributed by atoms with van der Waals surface area (Å²) in [7, 11) is 0. The van der Waals surface area contributed by atoms with Crippen molar-refractivity contribution in [1.82, 2.24) is 25.0 Å². The standard InChI is InChI=1S/C21H21ClN6O4/c1-14(29)24-19-11-16(22)6-4-15(19)5-7-20(30)27-9-10-31-17(12-27)13-32-28-21-18(25-26-28)3-2-8-23-21/h2-8,11,17H,9-10,12-13H2,1H3,(H,24,29). The summed E-state index contributed by atoms with van der Waals surface area (Å²) in [5.74, 6) is -0.394. The molecule has 1 saturated heterocycles. The molecular formula is C21H21ClN6O4. The van der Waals surface area contributed by atoms with Gasteiger partial charge in [-0.25, -0.2) is 4.98 Å². The van der Waals surface area contributed by atoms with E-state index in [4.69, 9.17) is 21.2 Å². The molecule has 1 fully saturated rings. The van der Waals surface area contributed by atoms with E-state index in [1.54, 1.807) is 47.5 Å². The average molecular weight is 457 g/mol. The van der Waals surface area contributed by atoms with E-state index in [2.05, 4.69) is 20.6 Å². The van der Waals surface area contributed by atoms with Crippen molar-refractivity contribution in [3.8, 4) is 0 Å². The van der Waals surface area contributed by atoms with Gasteiger partial charge in [-0.1, -0.05) is 22.5 Å². The molecule has 0 aliphatic carbocycles. The van der Waals surface area contributed by atoms with Crippen LogP contribution in [0, 0.1) is 0 Å². The Labute approximate surface area is 188 Å². The first kappa shape index (κ1) is 21.7. The van der Waals surface area contributed by atoms with Gasteiger partial charge in [0.25, 0.3) is 0 Å². The fraction of sp³-hybridized carbons (Fsp3) is 0.286. The number of carbonyl (C=O) groups is 2. The van der Waals surface area contributed by atoms with Gasteiger partial charge in [0.15, 0.2) is 0 Å². The van der Waals surface area contributed by atoms with Crippen LogP contribution in [0.25, 0.3) is 17.2 Å². The Morgan fingerprint density at radius 3 is 3.09 bits per heavy atom. The van der Waals surface area contributed by atoms with Gasteiger partial charge in [-0.05, 0) is 41.1 Å². The van der Waals surface area contributed by atoms with Crippen LogP contribution in [0.3, 0.4) is 0 Å². The maximum atomic E-state index is 12.7. The molecule has 1 aliphatic rings. The second-order valence-corrected chi connectivity index (χ2v) is 7.56. The van der Waals surface area contributed by atoms with E-state index in [1.165, 1.54) is 17.8 Å². The van der Waals surface area contributed by atoms with E-state index in [-0.39, 0.29) is 24.5 Å². The Kier molecular flexibility index (Phi) is 6.62. The van der Waals surface area contributed by atoms with Gasteiger partial charge in [0.2, 0.25) is 17.5 Å². The summed E-state index contributed by atoms with van der Waals surface area (Å²) in [6.07, 6.45) is 4.42. The smallest absolute Gasteiger partial charge is 0.246 e. The van der Waals surface area contributed by atoms with Crippen LogP contribution >= 0.6 is 11.6 Å². The molecule has 3 aromatic rings. The highest BCUT2D eigenvalue weighted by molar-refractivity contribution is 6.31. The minimum atomic E-state index is -0.325. The summed E-state index contributed by atoms with van der Waals surface area (Å²) in [4.78, 5) is 36.9. The van der Waals surface area contributed by atoms with Crippen LogP contribution in [0.15, 0.2) is 42.6 Å². The van der Waals surface area contributed by atoms with E-state index in [0.29, 0.717) is 47.1 Å². The van der Waals surface area contributed by atoms with Gasteiger partial charge < -0.3 is 19.8 Å². The summed E-state index contributed by atoms with van der Waals surface area (Å²) in [5, 5.41) is 11.1. The topological polar surface area (TPSA) is 111 Å². The molecule has 0 spiro atoms. The monoisotopic (exact) mass is 456 g/mol. The number of nitrogens with zero attached hydrogens (tertiary/aromatic N) is 5. The van der Waals surface area contributed by atoms with Crippen LogP contribution in [-0.2, 0) is 14.3 Å². The van der Waals surface area contributed by atoms with Gasteiger partial charge in [0, 0.05) is 36.5 Å². The molecule has 32 heavy (non-hydrogen) atoms. The molecule has 1 atom stereocenters. The van der Waals surface area contributed by atoms with Gasteiger partial charge in [0.05, 0.1) is 13.2 Å². The van der Waals surface area contributed by atoms with Crippen molar-refractivity contribution in [2.45, 2.75) is 13.0 Å². The van der Waals surface area contributed by atoms with Crippen molar-refractivity contribution in [2.75, 3.05) is 31.6 Å². The number of nitrogens with one attached hydrogen (secondary N) is 1. The number of morpholine rings is 1. The number of rotatable bonds is 6. The third-order valence-electron chi connectivity index (χ3n) is 4.75. The largest absolute Gasteiger partial charge is 0.391 e. The molecule has 0 bridgehead atoms. The predicted molar refractivity (Wildman–Crippen MR) is 118 cm³/mol. The Morgan fingerprint density at radius 2 is 2.25 bits per heavy atom. The van der Waals surface area contributed by atoms with Crippen LogP contribution in [0.4, 0.5) is 5.69 Å². The number of carbonyl (C=O) groups excluding carboxylic acids is 2. The lowest BCUT2D eigenvalue weighted by Gasteiger charge is -2.31. The molecule has 1 aromatic carbocycles. The third kappa shape index (κ3) is 5.21. The predicted octanol–water partition coefficient (Wildman–Crippen LogP) is 1.81. The summed E-state index contributed by atoms with van der Waals surface area (Å²) in [5.41, 5.74) is 2.35. The van der Waals surface area contributed by atoms with E-state index >= 15 is 0 Å². The molecule has 3 heterocycles. The first-order valence-corrected chi connectivity index (χ1v) is 10.3. The number of pyridine rings is 1. The second-order valence-electron chi connectivity index (χ2n) is 7.13. The Balaban J connectivity index is 1.37. The maximum absolute atomic E-state index is 12.7. The zero-order valence-electron chi connectivity index (χ0n) is 17.3. The highest BCUT2D eigenvalue weighted by Gasteiger charge is 2.24. The van der Waals surface area contributed by atoms with E-state index in [0.717, 1.165) is 0 Å². The van der Waals surface area contributed by atoms with Gasteiger partial charge in [-0.2, -0.15) is 0 Å². The molecule has 1 aliphatic heterocycles. The molecule has 0 saturated carbocycles. The summed E-state index contributed by atoms with van der Waals surface area (Å²) in [6.45, 7) is 2.82. The highest BCUT2D eigenvalue weighted by atomic mass is 35.5. The molecule has 10 nitrogen and oxygen atoms in total. The van der Waals surface area contributed by atoms with Crippen LogP contribution in [0.1, 0.15) is 12.5 Å². The molecule has 166 valence electrons. The van der Waals surface area contributed by atoms with Crippen molar-refractivity contribution in [3.63, 3.8) is 0 Å². The first-order chi connectivity index (χ1) is 15.5. The lowest BCUT2D eigenvalue weighted by Crippen LogP contribution is -2.47. The number of hydrogen-bond acceptors (Lipinski definition) is 7. The van der Waals surface area contributed by atoms with Gasteiger partial charge in [-0.3, -0.25) is 9.59 Å². The van der Waals surface area contributed by atoms with Crippen molar-refractivity contribution in [2.24, 2.45) is 0 Å². The van der Waals surface area contributed by atoms with Gasteiger partial charge in [-0.15, -0.1) is 5.10 Å². The number of amides is 2. The summed E-state index contributed by atoms with van der Waals surface area (Å²) in [6, 6.07) is 8.63. The Morgan fingerprint density at radius 1 is 1.38 bits per heavy atom. The van der Waals surface area contributed by atoms with Crippen LogP contribution in [-0.4, -0.2) is 69.3 Å². The molecule has 11 heteroatoms. The normalized spacial score (nSPS) is 16.4. The van der Waals surface area contributed by atoms with Crippen molar-refractivity contribution in [1.29, 1.82) is 0 Å². The summed E-state index contributed by atoms with van der Waals surface area (Å²) < 4.78 is 5.72. The SMILES string of the molecule is CC(=O)Nc1cc(Cl)ccc1C=CC(=O)N1CCOC(COn2nnc3cccnc32)C1. The lowest BCUT2D eigenvalue weighted by atomic mass is 10.1. The highest BCUT2D eigenvalue weighted by Crippen LogP contribution is 2.22. The average Bonchev–Trinajstić information content (AvgIpc) is 3.20. The zero-order valence-corrected chi connectivity index (χ0v) is 18.0. The fourth-order valence-corrected chi connectivity index (χ4v) is 3.42. The Hall–Kier alpha value is -3.50. The lowest BCUT2D eigenvalue weighted by molar-refractivity contribution is -0.136. The van der Waals surface area contributed by atoms with Gasteiger partial charge >= 0.3 is 0 Å². The van der Waals surface area contributed by atoms with Crippen LogP contribution < -0.4 is 10.2 Å². The molecular weight excluding hydrogens is 436 g/mol. The van der Waals surface area contributed by atoms with Gasteiger partial charge in [0.1, 0.15) is 18.2 Å². The van der Waals surface area contributed by atoms with Crippen molar-refractivity contribution < 1.29 is 19.2 Å². The molecule has 1 unspecified atom stereocenters. The second kappa shape index (κ2) is 9.75. The number of fused-ring (bicyclic) bond motifs is 1. The van der Waals surface area contributed by atoms with Crippen LogP contribution in [0.2, 0.25) is 5.02 Å². The van der Waals surface area contributed by atoms with E-state index in [1.807, 2.05) is 0 Å². The fourth-order valence-electron chi connectivity index (χ4n) is 3.24. The number of hydrogen-bond donors (Lipinski definition) is 1. The number of ether oxygens (including phenoxy) is 1. The van der Waals surface area contributed by atoms with Crippen molar-refractivity contribution >= 4 is 46.3 Å². The number of halogens is 1. The number of benzene rings is 1. The zero-order chi connectivity index (χ0) is 22.5. The maximum Gasteiger partial charge on any atom is 0.246 e. The minimum Gasteiger partial charge on any atom is -0.391 e. The molecule has 4 rings (SSSR count). The first-order valence-electron chi connectivity index (χ1n) is 9.95. The molecule has 0 radical (unpaired) electrons. The quantitative estimate of drug-likeness (QED) is 0.563. The van der Waals surface area contributed by atoms with E-state index in [9.17, 15) is 9.59 Å². The number of aromatic nitrogens is 4. The third-order valence-corrected chi connectivity index (χ3v) is 4.98. The molecule has 1 N–H and O–H groups in total. The Bertz CT molecular complexity index is 1160. The summed E-state index contributed by atoms with van der Waals surface area (Å²) >= 11 is 6.01. The number of anilines is 1. The molecule has 2 aromatic heterocycles. The van der Waals surface area contributed by atoms with Crippen molar-refractivity contribution in [3.05, 3.63) is 53.2 Å². The molecule has 2 amide bonds. The van der Waals surface area contributed by atoms with Crippen LogP contribution in [0.5, 0.6) is 0 Å².